The van der Waals surface area contributed by atoms with Gasteiger partial charge in [0.15, 0.2) is 0 Å². The third kappa shape index (κ3) is 32.6. The lowest BCUT2D eigenvalue weighted by Crippen LogP contribution is -2.32. The minimum atomic E-state index is 0.248. The van der Waals surface area contributed by atoms with Gasteiger partial charge in [-0.2, -0.15) is 0 Å². The monoisotopic (exact) mass is 689 g/mol. The van der Waals surface area contributed by atoms with Crippen LogP contribution in [-0.2, 0) is 4.79 Å². The Bertz CT molecular complexity index is 720. The Morgan fingerprint density at radius 1 is 0.490 bits per heavy atom. The van der Waals surface area contributed by atoms with Gasteiger partial charge in [0, 0.05) is 12.8 Å². The smallest absolute Gasteiger partial charge is 0.244 e. The SMILES string of the molecule is CCCCCCCCCCCCCCCCCCCCC(=O)NCC[N+]1=C(CCCCCCCCCCCCCCCCCCC)NCC1. The highest BCUT2D eigenvalue weighted by molar-refractivity contribution is 5.78. The molecule has 2 N–H and O–H groups in total. The maximum atomic E-state index is 12.4. The maximum absolute atomic E-state index is 12.4. The Kier molecular flexibility index (Phi) is 35.8. The average molecular weight is 689 g/mol. The molecule has 49 heavy (non-hydrogen) atoms. The van der Waals surface area contributed by atoms with Crippen LogP contribution < -0.4 is 10.6 Å². The van der Waals surface area contributed by atoms with Crippen LogP contribution in [0, 0.1) is 0 Å². The summed E-state index contributed by atoms with van der Waals surface area (Å²) in [7, 11) is 0. The molecule has 0 aromatic heterocycles. The highest BCUT2D eigenvalue weighted by Gasteiger charge is 2.19. The van der Waals surface area contributed by atoms with Gasteiger partial charge >= 0.3 is 0 Å². The molecule has 1 rings (SSSR count). The fourth-order valence-electron chi connectivity index (χ4n) is 7.70. The fraction of sp³-hybridized carbons (Fsp3) is 0.956. The lowest BCUT2D eigenvalue weighted by atomic mass is 10.0. The summed E-state index contributed by atoms with van der Waals surface area (Å²) in [6.45, 7) is 8.47. The summed E-state index contributed by atoms with van der Waals surface area (Å²) in [6, 6.07) is 0. The summed E-state index contributed by atoms with van der Waals surface area (Å²) < 4.78 is 2.48. The zero-order chi connectivity index (χ0) is 35.1. The van der Waals surface area contributed by atoms with E-state index in [1.807, 2.05) is 0 Å². The van der Waals surface area contributed by atoms with E-state index in [0.717, 1.165) is 32.6 Å². The number of amides is 1. The molecule has 4 nitrogen and oxygen atoms in total. The molecular formula is C45H90N3O+. The van der Waals surface area contributed by atoms with Crippen molar-refractivity contribution in [3.63, 3.8) is 0 Å². The van der Waals surface area contributed by atoms with E-state index in [1.54, 1.807) is 0 Å². The third-order valence-electron chi connectivity index (χ3n) is 11.1. The molecule has 0 spiro atoms. The quantitative estimate of drug-likeness (QED) is 0.0497. The van der Waals surface area contributed by atoms with Crippen LogP contribution in [-0.4, -0.2) is 42.5 Å². The van der Waals surface area contributed by atoms with Gasteiger partial charge in [0.1, 0.15) is 19.6 Å². The molecule has 290 valence electrons. The first-order chi connectivity index (χ1) is 24.3. The molecule has 0 aromatic rings. The zero-order valence-corrected chi connectivity index (χ0v) is 33.8. The van der Waals surface area contributed by atoms with Gasteiger partial charge in [0.05, 0.1) is 6.54 Å². The van der Waals surface area contributed by atoms with Crippen molar-refractivity contribution in [2.45, 2.75) is 251 Å². The predicted octanol–water partition coefficient (Wildman–Crippen LogP) is 13.6. The Morgan fingerprint density at radius 2 is 0.816 bits per heavy atom. The van der Waals surface area contributed by atoms with E-state index in [9.17, 15) is 4.79 Å². The molecule has 1 amide bonds. The molecule has 0 saturated carbocycles. The van der Waals surface area contributed by atoms with Crippen molar-refractivity contribution in [1.82, 2.24) is 10.6 Å². The van der Waals surface area contributed by atoms with Crippen molar-refractivity contribution in [3.8, 4) is 0 Å². The van der Waals surface area contributed by atoms with Crippen LogP contribution in [0.25, 0.3) is 0 Å². The zero-order valence-electron chi connectivity index (χ0n) is 33.8. The Morgan fingerprint density at radius 3 is 1.18 bits per heavy atom. The molecule has 0 saturated heterocycles. The maximum Gasteiger partial charge on any atom is 0.244 e. The molecule has 0 fully saturated rings. The molecule has 1 heterocycles. The molecule has 1 aliphatic heterocycles. The number of carbonyl (C=O) groups is 1. The number of nitrogens with one attached hydrogen (secondary N) is 2. The van der Waals surface area contributed by atoms with Gasteiger partial charge in [0.25, 0.3) is 0 Å². The topological polar surface area (TPSA) is 44.1 Å². The number of hydrogen-bond donors (Lipinski definition) is 2. The molecule has 0 aliphatic carbocycles. The number of hydrogen-bond acceptors (Lipinski definition) is 2. The van der Waals surface area contributed by atoms with E-state index in [4.69, 9.17) is 0 Å². The summed E-state index contributed by atoms with van der Waals surface area (Å²) in [4.78, 5) is 12.4. The molecular weight excluding hydrogens is 599 g/mol. The van der Waals surface area contributed by atoms with E-state index in [1.165, 1.54) is 231 Å². The predicted molar refractivity (Wildman–Crippen MR) is 218 cm³/mol. The van der Waals surface area contributed by atoms with Crippen LogP contribution >= 0.6 is 0 Å². The first-order valence-electron chi connectivity index (χ1n) is 22.9. The number of nitrogens with zero attached hydrogens (tertiary/aromatic N) is 1. The van der Waals surface area contributed by atoms with Gasteiger partial charge in [-0.15, -0.1) is 0 Å². The van der Waals surface area contributed by atoms with Crippen molar-refractivity contribution in [2.75, 3.05) is 26.2 Å². The Labute approximate surface area is 308 Å². The summed E-state index contributed by atoms with van der Waals surface area (Å²) >= 11 is 0. The lowest BCUT2D eigenvalue weighted by Gasteiger charge is -2.07. The molecule has 1 aliphatic rings. The summed E-state index contributed by atoms with van der Waals surface area (Å²) in [5.74, 6) is 1.66. The van der Waals surface area contributed by atoms with E-state index in [2.05, 4.69) is 29.1 Å². The second-order valence-electron chi connectivity index (χ2n) is 15.9. The van der Waals surface area contributed by atoms with Crippen LogP contribution in [0.15, 0.2) is 0 Å². The van der Waals surface area contributed by atoms with Gasteiger partial charge in [-0.05, 0) is 12.8 Å². The summed E-state index contributed by atoms with van der Waals surface area (Å²) in [5.41, 5.74) is 0. The first kappa shape index (κ1) is 46.0. The second-order valence-corrected chi connectivity index (χ2v) is 15.9. The molecule has 0 atom stereocenters. The molecule has 0 aromatic carbocycles. The average Bonchev–Trinajstić information content (AvgIpc) is 3.56. The van der Waals surface area contributed by atoms with Crippen LogP contribution in [0.1, 0.15) is 251 Å². The molecule has 4 heteroatoms. The van der Waals surface area contributed by atoms with Gasteiger partial charge < -0.3 is 5.32 Å². The highest BCUT2D eigenvalue weighted by atomic mass is 16.1. The first-order valence-corrected chi connectivity index (χ1v) is 22.9. The van der Waals surface area contributed by atoms with Gasteiger partial charge in [0.2, 0.25) is 11.7 Å². The minimum Gasteiger partial charge on any atom is -0.352 e. The van der Waals surface area contributed by atoms with Crippen molar-refractivity contribution in [1.29, 1.82) is 0 Å². The number of amidine groups is 1. The van der Waals surface area contributed by atoms with E-state index in [-0.39, 0.29) is 5.91 Å². The van der Waals surface area contributed by atoms with Gasteiger partial charge in [-0.1, -0.05) is 226 Å². The number of rotatable bonds is 40. The number of carbonyl (C=O) groups excluding carboxylic acids is 1. The van der Waals surface area contributed by atoms with Gasteiger partial charge in [-0.3, -0.25) is 14.7 Å². The van der Waals surface area contributed by atoms with Crippen LogP contribution in [0.5, 0.6) is 0 Å². The van der Waals surface area contributed by atoms with Gasteiger partial charge in [-0.25, -0.2) is 0 Å². The highest BCUT2D eigenvalue weighted by Crippen LogP contribution is 2.16. The minimum absolute atomic E-state index is 0.248. The molecule has 0 unspecified atom stereocenters. The normalized spacial score (nSPS) is 13.0. The summed E-state index contributed by atoms with van der Waals surface area (Å²) in [6.07, 6.45) is 51.0. The third-order valence-corrected chi connectivity index (χ3v) is 11.1. The van der Waals surface area contributed by atoms with Crippen molar-refractivity contribution in [2.24, 2.45) is 0 Å². The molecule has 0 radical (unpaired) electrons. The number of unbranched alkanes of at least 4 members (excludes halogenated alkanes) is 33. The Hall–Kier alpha value is -1.06. The molecule has 0 bridgehead atoms. The summed E-state index contributed by atoms with van der Waals surface area (Å²) in [5, 5.41) is 6.81. The van der Waals surface area contributed by atoms with E-state index < -0.39 is 0 Å². The standard InChI is InChI=1S/C45H89N3O/c1-3-5-7-9-11-13-15-17-19-21-23-25-27-29-31-33-35-37-39-45(49)47-41-43-48-42-40-46-44(48)38-36-34-32-30-28-26-24-22-20-18-16-14-12-10-8-6-4-2/h3-43H2,1-2H3,(H,47,49)/p+1. The fourth-order valence-corrected chi connectivity index (χ4v) is 7.70. The van der Waals surface area contributed by atoms with Crippen LogP contribution in [0.2, 0.25) is 0 Å². The van der Waals surface area contributed by atoms with Crippen molar-refractivity contribution >= 4 is 11.7 Å². The van der Waals surface area contributed by atoms with E-state index in [0.29, 0.717) is 6.42 Å². The van der Waals surface area contributed by atoms with Crippen molar-refractivity contribution < 1.29 is 9.37 Å². The van der Waals surface area contributed by atoms with Crippen LogP contribution in [0.3, 0.4) is 0 Å². The largest absolute Gasteiger partial charge is 0.352 e. The van der Waals surface area contributed by atoms with Crippen molar-refractivity contribution in [3.05, 3.63) is 0 Å². The second kappa shape index (κ2) is 38.2. The lowest BCUT2D eigenvalue weighted by molar-refractivity contribution is -0.517. The Balaban J connectivity index is 1.84. The van der Waals surface area contributed by atoms with E-state index >= 15 is 0 Å². The van der Waals surface area contributed by atoms with Crippen LogP contribution in [0.4, 0.5) is 0 Å².